The highest BCUT2D eigenvalue weighted by Gasteiger charge is 2.35. The van der Waals surface area contributed by atoms with Gasteiger partial charge < -0.3 is 5.73 Å². The molecule has 0 heterocycles. The van der Waals surface area contributed by atoms with E-state index in [2.05, 4.69) is 13.8 Å². The van der Waals surface area contributed by atoms with Gasteiger partial charge in [0.2, 0.25) is 0 Å². The number of hydrogen-bond donors (Lipinski definition) is 1. The highest BCUT2D eigenvalue weighted by Crippen LogP contribution is 2.43. The molecule has 18 heavy (non-hydrogen) atoms. The fraction of sp³-hybridized carbons (Fsp3) is 0.600. The summed E-state index contributed by atoms with van der Waals surface area (Å²) in [4.78, 5) is 0. The van der Waals surface area contributed by atoms with Crippen molar-refractivity contribution in [2.45, 2.75) is 51.5 Å². The minimum atomic E-state index is -0.479. The first-order chi connectivity index (χ1) is 8.32. The second kappa shape index (κ2) is 4.82. The summed E-state index contributed by atoms with van der Waals surface area (Å²) >= 11 is 6.20. The Bertz CT molecular complexity index is 444. The van der Waals surface area contributed by atoms with Crippen LogP contribution in [0.1, 0.15) is 51.5 Å². The molecule has 0 spiro atoms. The largest absolute Gasteiger partial charge is 0.321 e. The quantitative estimate of drug-likeness (QED) is 0.740. The smallest absolute Gasteiger partial charge is 0.123 e. The van der Waals surface area contributed by atoms with Crippen LogP contribution < -0.4 is 5.73 Å². The van der Waals surface area contributed by atoms with E-state index in [0.29, 0.717) is 10.4 Å². The van der Waals surface area contributed by atoms with Crippen molar-refractivity contribution in [3.8, 4) is 0 Å². The number of hydrogen-bond acceptors (Lipinski definition) is 1. The van der Waals surface area contributed by atoms with Crippen LogP contribution in [0.3, 0.4) is 0 Å². The maximum absolute atomic E-state index is 13.4. The highest BCUT2D eigenvalue weighted by molar-refractivity contribution is 6.31. The molecule has 0 bridgehead atoms. The molecule has 0 radical (unpaired) electrons. The molecule has 2 rings (SSSR count). The molecule has 0 aliphatic heterocycles. The molecule has 1 aliphatic rings. The highest BCUT2D eigenvalue weighted by atomic mass is 35.5. The molecule has 1 aliphatic carbocycles. The normalized spacial score (nSPS) is 27.8. The summed E-state index contributed by atoms with van der Waals surface area (Å²) in [5.41, 5.74) is 7.13. The second-order valence-electron chi connectivity index (χ2n) is 6.30. The van der Waals surface area contributed by atoms with Gasteiger partial charge in [-0.05, 0) is 54.9 Å². The molecule has 1 aromatic rings. The van der Waals surface area contributed by atoms with Gasteiger partial charge in [0.25, 0.3) is 0 Å². The van der Waals surface area contributed by atoms with Crippen molar-refractivity contribution in [3.05, 3.63) is 34.6 Å². The van der Waals surface area contributed by atoms with Gasteiger partial charge in [0.1, 0.15) is 5.82 Å². The van der Waals surface area contributed by atoms with Crippen LogP contribution in [0.2, 0.25) is 5.02 Å². The number of halogens is 2. The SMILES string of the molecule is CC1(C)CCCC(N)(c2cc(F)ccc2Cl)CC1. The fourth-order valence-corrected chi connectivity index (χ4v) is 3.15. The molecule has 1 fully saturated rings. The Morgan fingerprint density at radius 1 is 1.17 bits per heavy atom. The van der Waals surface area contributed by atoms with E-state index < -0.39 is 5.54 Å². The average Bonchev–Trinajstić information content (AvgIpc) is 2.42. The molecule has 1 atom stereocenters. The zero-order chi connectivity index (χ0) is 13.4. The Morgan fingerprint density at radius 2 is 1.89 bits per heavy atom. The zero-order valence-electron chi connectivity index (χ0n) is 11.1. The van der Waals surface area contributed by atoms with Crippen molar-refractivity contribution in [3.63, 3.8) is 0 Å². The Labute approximate surface area is 114 Å². The van der Waals surface area contributed by atoms with Crippen molar-refractivity contribution in [2.75, 3.05) is 0 Å². The summed E-state index contributed by atoms with van der Waals surface area (Å²) in [5.74, 6) is -0.261. The maximum Gasteiger partial charge on any atom is 0.123 e. The van der Waals surface area contributed by atoms with Gasteiger partial charge >= 0.3 is 0 Å². The second-order valence-corrected chi connectivity index (χ2v) is 6.71. The molecule has 1 nitrogen and oxygen atoms in total. The van der Waals surface area contributed by atoms with Crippen LogP contribution in [-0.2, 0) is 5.54 Å². The summed E-state index contributed by atoms with van der Waals surface area (Å²) < 4.78 is 13.4. The third-order valence-corrected chi connectivity index (χ3v) is 4.52. The van der Waals surface area contributed by atoms with E-state index in [1.54, 1.807) is 6.07 Å². The Morgan fingerprint density at radius 3 is 2.61 bits per heavy atom. The summed E-state index contributed by atoms with van der Waals surface area (Å²) in [6.07, 6.45) is 5.02. The monoisotopic (exact) mass is 269 g/mol. The Hall–Kier alpha value is -0.600. The van der Waals surface area contributed by atoms with E-state index in [9.17, 15) is 4.39 Å². The molecule has 0 saturated heterocycles. The van der Waals surface area contributed by atoms with Gasteiger partial charge in [-0.2, -0.15) is 0 Å². The summed E-state index contributed by atoms with van der Waals surface area (Å²) in [6, 6.07) is 4.49. The first-order valence-electron chi connectivity index (χ1n) is 6.57. The molecule has 2 N–H and O–H groups in total. The van der Waals surface area contributed by atoms with Crippen molar-refractivity contribution in [1.82, 2.24) is 0 Å². The first-order valence-corrected chi connectivity index (χ1v) is 6.95. The van der Waals surface area contributed by atoms with E-state index in [1.165, 1.54) is 18.6 Å². The van der Waals surface area contributed by atoms with Gasteiger partial charge in [0.05, 0.1) is 0 Å². The molecular weight excluding hydrogens is 249 g/mol. The van der Waals surface area contributed by atoms with Crippen LogP contribution in [0.4, 0.5) is 4.39 Å². The van der Waals surface area contributed by atoms with E-state index in [0.717, 1.165) is 31.2 Å². The van der Waals surface area contributed by atoms with Crippen LogP contribution in [0.15, 0.2) is 18.2 Å². The average molecular weight is 270 g/mol. The summed E-state index contributed by atoms with van der Waals surface area (Å²) in [7, 11) is 0. The van der Waals surface area contributed by atoms with Gasteiger partial charge in [0.15, 0.2) is 0 Å². The lowest BCUT2D eigenvalue weighted by Gasteiger charge is -2.30. The third kappa shape index (κ3) is 2.86. The predicted octanol–water partition coefficient (Wildman–Crippen LogP) is 4.62. The molecule has 3 heteroatoms. The first kappa shape index (κ1) is 13.8. The van der Waals surface area contributed by atoms with Crippen LogP contribution in [0.25, 0.3) is 0 Å². The van der Waals surface area contributed by atoms with Gasteiger partial charge in [0, 0.05) is 10.6 Å². The maximum atomic E-state index is 13.4. The van der Waals surface area contributed by atoms with E-state index in [4.69, 9.17) is 17.3 Å². The fourth-order valence-electron chi connectivity index (χ4n) is 2.84. The third-order valence-electron chi connectivity index (χ3n) is 4.19. The lowest BCUT2D eigenvalue weighted by atomic mass is 9.81. The van der Waals surface area contributed by atoms with E-state index in [1.807, 2.05) is 0 Å². The topological polar surface area (TPSA) is 26.0 Å². The van der Waals surface area contributed by atoms with Gasteiger partial charge in [-0.1, -0.05) is 31.9 Å². The minimum absolute atomic E-state index is 0.261. The molecule has 1 saturated carbocycles. The molecule has 0 aromatic heterocycles. The molecule has 100 valence electrons. The molecular formula is C15H21ClFN. The lowest BCUT2D eigenvalue weighted by Crippen LogP contribution is -2.36. The lowest BCUT2D eigenvalue weighted by molar-refractivity contribution is 0.299. The van der Waals surface area contributed by atoms with Crippen LogP contribution in [0, 0.1) is 11.2 Å². The standard InChI is InChI=1S/C15H21ClFN/c1-14(2)6-3-7-15(18,9-8-14)12-10-11(17)4-5-13(12)16/h4-5,10H,3,6-9,18H2,1-2H3. The van der Waals surface area contributed by atoms with Gasteiger partial charge in [-0.25, -0.2) is 4.39 Å². The van der Waals surface area contributed by atoms with Crippen LogP contribution >= 0.6 is 11.6 Å². The molecule has 1 aromatic carbocycles. The number of benzene rings is 1. The number of rotatable bonds is 1. The predicted molar refractivity (Wildman–Crippen MR) is 74.1 cm³/mol. The van der Waals surface area contributed by atoms with Gasteiger partial charge in [-0.3, -0.25) is 0 Å². The minimum Gasteiger partial charge on any atom is -0.321 e. The molecule has 0 amide bonds. The Kier molecular flexibility index (Phi) is 3.70. The van der Waals surface area contributed by atoms with Crippen LogP contribution in [-0.4, -0.2) is 0 Å². The van der Waals surface area contributed by atoms with Crippen molar-refractivity contribution in [1.29, 1.82) is 0 Å². The molecule has 1 unspecified atom stereocenters. The zero-order valence-corrected chi connectivity index (χ0v) is 11.9. The van der Waals surface area contributed by atoms with Crippen LogP contribution in [0.5, 0.6) is 0 Å². The number of nitrogens with two attached hydrogens (primary N) is 1. The van der Waals surface area contributed by atoms with E-state index in [-0.39, 0.29) is 5.82 Å². The van der Waals surface area contributed by atoms with Crippen molar-refractivity contribution < 1.29 is 4.39 Å². The van der Waals surface area contributed by atoms with E-state index >= 15 is 0 Å². The Balaban J connectivity index is 2.33. The van der Waals surface area contributed by atoms with Crippen molar-refractivity contribution in [2.24, 2.45) is 11.1 Å². The van der Waals surface area contributed by atoms with Gasteiger partial charge in [-0.15, -0.1) is 0 Å². The summed E-state index contributed by atoms with van der Waals surface area (Å²) in [5, 5.41) is 0.582. The van der Waals surface area contributed by atoms with Crippen molar-refractivity contribution >= 4 is 11.6 Å². The summed E-state index contributed by atoms with van der Waals surface area (Å²) in [6.45, 7) is 4.54.